The van der Waals surface area contributed by atoms with E-state index in [0.29, 0.717) is 16.9 Å². The van der Waals surface area contributed by atoms with Crippen LogP contribution in [0, 0.1) is 17.2 Å². The lowest BCUT2D eigenvalue weighted by Gasteiger charge is -2.28. The van der Waals surface area contributed by atoms with E-state index in [-0.39, 0.29) is 11.5 Å². The van der Waals surface area contributed by atoms with Crippen LogP contribution in [0.1, 0.15) is 38.8 Å². The Morgan fingerprint density at radius 1 is 1.06 bits per heavy atom. The van der Waals surface area contributed by atoms with Crippen molar-refractivity contribution in [3.63, 3.8) is 0 Å². The SMILES string of the molecule is COc1ccccc1/C=C(/C(=O)O[C@H](C)C(=O)N[C@@](C)(C#N)C(C)C)c1ccccc1. The van der Waals surface area contributed by atoms with Crippen LogP contribution in [0.25, 0.3) is 11.6 Å². The fourth-order valence-corrected chi connectivity index (χ4v) is 2.76. The number of esters is 1. The molecule has 0 fully saturated rings. The number of ether oxygens (including phenoxy) is 2. The molecule has 6 nitrogen and oxygen atoms in total. The summed E-state index contributed by atoms with van der Waals surface area (Å²) in [4.78, 5) is 25.7. The zero-order valence-corrected chi connectivity index (χ0v) is 18.5. The molecule has 0 saturated heterocycles. The molecule has 0 aliphatic heterocycles. The molecule has 162 valence electrons. The molecule has 2 rings (SSSR count). The van der Waals surface area contributed by atoms with Gasteiger partial charge in [0, 0.05) is 5.56 Å². The van der Waals surface area contributed by atoms with Crippen LogP contribution in [0.15, 0.2) is 54.6 Å². The maximum Gasteiger partial charge on any atom is 0.339 e. The van der Waals surface area contributed by atoms with Crippen LogP contribution in [0.2, 0.25) is 0 Å². The zero-order valence-electron chi connectivity index (χ0n) is 18.5. The minimum absolute atomic E-state index is 0.116. The summed E-state index contributed by atoms with van der Waals surface area (Å²) in [6.07, 6.45) is 0.595. The van der Waals surface area contributed by atoms with E-state index < -0.39 is 23.5 Å². The molecular weight excluding hydrogens is 392 g/mol. The quantitative estimate of drug-likeness (QED) is 0.392. The first-order chi connectivity index (χ1) is 14.7. The highest BCUT2D eigenvalue weighted by atomic mass is 16.5. The molecule has 31 heavy (non-hydrogen) atoms. The van der Waals surface area contributed by atoms with Gasteiger partial charge >= 0.3 is 5.97 Å². The zero-order chi connectivity index (χ0) is 23.0. The van der Waals surface area contributed by atoms with Crippen molar-refractivity contribution in [2.45, 2.75) is 39.3 Å². The molecule has 2 aromatic carbocycles. The van der Waals surface area contributed by atoms with Crippen molar-refractivity contribution in [3.05, 3.63) is 65.7 Å². The van der Waals surface area contributed by atoms with Gasteiger partial charge in [-0.1, -0.05) is 62.4 Å². The largest absolute Gasteiger partial charge is 0.496 e. The van der Waals surface area contributed by atoms with Crippen molar-refractivity contribution in [1.29, 1.82) is 5.26 Å². The number of nitrogens with one attached hydrogen (secondary N) is 1. The molecule has 1 amide bonds. The lowest BCUT2D eigenvalue weighted by molar-refractivity contribution is -0.150. The van der Waals surface area contributed by atoms with E-state index in [4.69, 9.17) is 9.47 Å². The van der Waals surface area contributed by atoms with Crippen molar-refractivity contribution in [3.8, 4) is 11.8 Å². The summed E-state index contributed by atoms with van der Waals surface area (Å²) in [5.41, 5.74) is 0.578. The highest BCUT2D eigenvalue weighted by Crippen LogP contribution is 2.26. The number of nitrogens with zero attached hydrogens (tertiary/aromatic N) is 1. The summed E-state index contributed by atoms with van der Waals surface area (Å²) < 4.78 is 10.9. The van der Waals surface area contributed by atoms with Crippen molar-refractivity contribution < 1.29 is 19.1 Å². The highest BCUT2D eigenvalue weighted by Gasteiger charge is 2.33. The number of amides is 1. The Bertz CT molecular complexity index is 992. The van der Waals surface area contributed by atoms with Crippen LogP contribution < -0.4 is 10.1 Å². The highest BCUT2D eigenvalue weighted by molar-refractivity contribution is 6.22. The van der Waals surface area contributed by atoms with Crippen LogP contribution in [-0.4, -0.2) is 30.6 Å². The number of hydrogen-bond donors (Lipinski definition) is 1. The molecule has 1 N–H and O–H groups in total. The number of carbonyl (C=O) groups excluding carboxylic acids is 2. The van der Waals surface area contributed by atoms with Crippen molar-refractivity contribution in [2.75, 3.05) is 7.11 Å². The predicted molar refractivity (Wildman–Crippen MR) is 120 cm³/mol. The molecule has 0 aliphatic rings. The summed E-state index contributed by atoms with van der Waals surface area (Å²) in [5.74, 6) is -0.690. The molecule has 2 atom stereocenters. The van der Waals surface area contributed by atoms with Gasteiger partial charge in [-0.2, -0.15) is 5.26 Å². The maximum absolute atomic E-state index is 13.1. The standard InChI is InChI=1S/C25H28N2O4/c1-17(2)25(4,16-26)27-23(28)18(3)31-24(29)21(19-11-7-6-8-12-19)15-20-13-9-10-14-22(20)30-5/h6-15,17-18H,1-5H3,(H,27,28)/b21-15+/t18-,25+/m1/s1. The first-order valence-corrected chi connectivity index (χ1v) is 10.1. The molecule has 2 aromatic rings. The fraction of sp³-hybridized carbons (Fsp3) is 0.320. The van der Waals surface area contributed by atoms with Crippen LogP contribution in [0.3, 0.4) is 0 Å². The molecule has 0 spiro atoms. The number of nitriles is 1. The second-order valence-electron chi connectivity index (χ2n) is 7.67. The maximum atomic E-state index is 13.1. The molecule has 0 bridgehead atoms. The van der Waals surface area contributed by atoms with Gasteiger partial charge in [-0.3, -0.25) is 4.79 Å². The average Bonchev–Trinajstić information content (AvgIpc) is 2.77. The van der Waals surface area contributed by atoms with Crippen LogP contribution in [0.5, 0.6) is 5.75 Å². The number of hydrogen-bond acceptors (Lipinski definition) is 5. The normalized spacial score (nSPS) is 14.2. The van der Waals surface area contributed by atoms with E-state index in [9.17, 15) is 14.9 Å². The minimum atomic E-state index is -1.08. The number of rotatable bonds is 8. The summed E-state index contributed by atoms with van der Waals surface area (Å²) in [7, 11) is 1.56. The van der Waals surface area contributed by atoms with E-state index in [1.54, 1.807) is 38.3 Å². The van der Waals surface area contributed by atoms with Crippen LogP contribution in [-0.2, 0) is 14.3 Å². The Hall–Kier alpha value is -3.59. The van der Waals surface area contributed by atoms with Gasteiger partial charge in [-0.05, 0) is 37.5 Å². The van der Waals surface area contributed by atoms with Crippen molar-refractivity contribution >= 4 is 23.5 Å². The molecule has 0 aliphatic carbocycles. The molecule has 0 saturated carbocycles. The minimum Gasteiger partial charge on any atom is -0.496 e. The second kappa shape index (κ2) is 10.4. The summed E-state index contributed by atoms with van der Waals surface area (Å²) >= 11 is 0. The third-order valence-electron chi connectivity index (χ3n) is 5.17. The molecule has 0 unspecified atom stereocenters. The molecular formula is C25H28N2O4. The van der Waals surface area contributed by atoms with Gasteiger partial charge < -0.3 is 14.8 Å². The van der Waals surface area contributed by atoms with Gasteiger partial charge in [0.1, 0.15) is 11.3 Å². The number of carbonyl (C=O) groups is 2. The smallest absolute Gasteiger partial charge is 0.339 e. The Balaban J connectivity index is 2.31. The van der Waals surface area contributed by atoms with Crippen molar-refractivity contribution in [2.24, 2.45) is 5.92 Å². The predicted octanol–water partition coefficient (Wildman–Crippen LogP) is 4.22. The summed E-state index contributed by atoms with van der Waals surface area (Å²) in [6, 6.07) is 18.5. The van der Waals surface area contributed by atoms with E-state index in [2.05, 4.69) is 11.4 Å². The van der Waals surface area contributed by atoms with Gasteiger partial charge in [-0.15, -0.1) is 0 Å². The molecule has 6 heteroatoms. The van der Waals surface area contributed by atoms with Gasteiger partial charge in [0.2, 0.25) is 0 Å². The number of para-hydroxylation sites is 1. The van der Waals surface area contributed by atoms with E-state index in [1.165, 1.54) is 6.92 Å². The third-order valence-corrected chi connectivity index (χ3v) is 5.17. The van der Waals surface area contributed by atoms with E-state index in [0.717, 1.165) is 0 Å². The Kier molecular flexibility index (Phi) is 7.98. The molecule has 0 heterocycles. The Labute approximate surface area is 183 Å². The number of methoxy groups -OCH3 is 1. The van der Waals surface area contributed by atoms with Gasteiger partial charge in [0.15, 0.2) is 6.10 Å². The third kappa shape index (κ3) is 5.95. The number of benzene rings is 2. The summed E-state index contributed by atoms with van der Waals surface area (Å²) in [6.45, 7) is 6.80. The van der Waals surface area contributed by atoms with Crippen LogP contribution in [0.4, 0.5) is 0 Å². The monoisotopic (exact) mass is 420 g/mol. The average molecular weight is 421 g/mol. The van der Waals surface area contributed by atoms with Gasteiger partial charge in [-0.25, -0.2) is 4.79 Å². The van der Waals surface area contributed by atoms with Gasteiger partial charge in [0.05, 0.1) is 18.8 Å². The first-order valence-electron chi connectivity index (χ1n) is 10.1. The topological polar surface area (TPSA) is 88.4 Å². The molecule has 0 radical (unpaired) electrons. The second-order valence-corrected chi connectivity index (χ2v) is 7.67. The van der Waals surface area contributed by atoms with Crippen LogP contribution >= 0.6 is 0 Å². The fourth-order valence-electron chi connectivity index (χ4n) is 2.76. The van der Waals surface area contributed by atoms with E-state index >= 15 is 0 Å². The Morgan fingerprint density at radius 3 is 2.26 bits per heavy atom. The lowest BCUT2D eigenvalue weighted by atomic mass is 9.90. The first kappa shape index (κ1) is 23.7. The van der Waals surface area contributed by atoms with Gasteiger partial charge in [0.25, 0.3) is 5.91 Å². The van der Waals surface area contributed by atoms with Crippen molar-refractivity contribution in [1.82, 2.24) is 5.32 Å². The van der Waals surface area contributed by atoms with E-state index in [1.807, 2.05) is 50.2 Å². The summed E-state index contributed by atoms with van der Waals surface area (Å²) in [5, 5.41) is 12.1. The lowest BCUT2D eigenvalue weighted by Crippen LogP contribution is -2.52. The molecule has 0 aromatic heterocycles. The Morgan fingerprint density at radius 2 is 1.68 bits per heavy atom.